The van der Waals surface area contributed by atoms with Crippen molar-refractivity contribution in [2.24, 2.45) is 0 Å². The smallest absolute Gasteiger partial charge is 0.267 e. The molecule has 3 heterocycles. The number of halogens is 1. The average molecular weight is 452 g/mol. The molecule has 0 saturated carbocycles. The number of nitrogens with one attached hydrogen (secondary N) is 1. The molecule has 1 aliphatic rings. The van der Waals surface area contributed by atoms with Gasteiger partial charge in [-0.05, 0) is 68.0 Å². The van der Waals surface area contributed by atoms with Gasteiger partial charge in [0.2, 0.25) is 0 Å². The molecular weight excluding hydrogens is 430 g/mol. The van der Waals surface area contributed by atoms with Crippen LogP contribution in [0.2, 0.25) is 5.02 Å². The van der Waals surface area contributed by atoms with Crippen LogP contribution in [0.5, 0.6) is 0 Å². The van der Waals surface area contributed by atoms with E-state index in [9.17, 15) is 4.79 Å². The Morgan fingerprint density at radius 2 is 2.03 bits per heavy atom. The Kier molecular flexibility index (Phi) is 5.20. The second-order valence-corrected chi connectivity index (χ2v) is 9.25. The van der Waals surface area contributed by atoms with Gasteiger partial charge in [-0.1, -0.05) is 24.1 Å². The van der Waals surface area contributed by atoms with Crippen molar-refractivity contribution in [1.82, 2.24) is 4.98 Å². The van der Waals surface area contributed by atoms with Crippen molar-refractivity contribution < 1.29 is 9.21 Å². The van der Waals surface area contributed by atoms with Gasteiger partial charge in [0, 0.05) is 27.4 Å². The number of fused-ring (bicyclic) bond motifs is 2. The summed E-state index contributed by atoms with van der Waals surface area (Å²) in [5.41, 5.74) is 11.8. The van der Waals surface area contributed by atoms with Crippen molar-refractivity contribution in [2.75, 3.05) is 11.1 Å². The number of pyridine rings is 1. The number of aromatic nitrogens is 1. The van der Waals surface area contributed by atoms with Crippen molar-refractivity contribution >= 4 is 50.4 Å². The summed E-state index contributed by atoms with van der Waals surface area (Å²) < 4.78 is 5.79. The van der Waals surface area contributed by atoms with Crippen LogP contribution >= 0.6 is 22.9 Å². The summed E-state index contributed by atoms with van der Waals surface area (Å²) >= 11 is 7.54. The molecule has 0 radical (unpaired) electrons. The number of carbonyl (C=O) groups is 1. The van der Waals surface area contributed by atoms with Crippen molar-refractivity contribution in [2.45, 2.75) is 39.0 Å². The van der Waals surface area contributed by atoms with Gasteiger partial charge in [-0.3, -0.25) is 4.79 Å². The molecule has 3 N–H and O–H groups in total. The van der Waals surface area contributed by atoms with Gasteiger partial charge in [-0.25, -0.2) is 4.98 Å². The zero-order valence-electron chi connectivity index (χ0n) is 17.1. The summed E-state index contributed by atoms with van der Waals surface area (Å²) in [4.78, 5) is 19.3. The minimum atomic E-state index is -0.258. The fraction of sp³-hybridized carbons (Fsp3) is 0.250. The highest BCUT2D eigenvalue weighted by atomic mass is 35.5. The molecule has 0 unspecified atom stereocenters. The molecule has 158 valence electrons. The lowest BCUT2D eigenvalue weighted by Gasteiger charge is -2.12. The van der Waals surface area contributed by atoms with Gasteiger partial charge >= 0.3 is 0 Å². The van der Waals surface area contributed by atoms with Gasteiger partial charge in [0.1, 0.15) is 15.5 Å². The molecule has 4 aromatic rings. The number of amides is 1. The Morgan fingerprint density at radius 3 is 2.84 bits per heavy atom. The highest BCUT2D eigenvalue weighted by Crippen LogP contribution is 2.43. The first-order valence-electron chi connectivity index (χ1n) is 10.4. The predicted molar refractivity (Wildman–Crippen MR) is 127 cm³/mol. The van der Waals surface area contributed by atoms with Crippen LogP contribution in [0.3, 0.4) is 0 Å². The number of carbonyl (C=O) groups excluding carboxylic acids is 1. The first-order chi connectivity index (χ1) is 15.0. The predicted octanol–water partition coefficient (Wildman–Crippen LogP) is 6.62. The third kappa shape index (κ3) is 3.50. The number of benzene rings is 1. The van der Waals surface area contributed by atoms with E-state index >= 15 is 0 Å². The summed E-state index contributed by atoms with van der Waals surface area (Å²) in [7, 11) is 0. The molecule has 0 atom stereocenters. The van der Waals surface area contributed by atoms with Crippen molar-refractivity contribution in [3.05, 3.63) is 63.3 Å². The van der Waals surface area contributed by atoms with E-state index in [1.54, 1.807) is 12.3 Å². The molecule has 3 aromatic heterocycles. The zero-order chi connectivity index (χ0) is 21.5. The fourth-order valence-corrected chi connectivity index (χ4v) is 5.46. The second kappa shape index (κ2) is 8.02. The van der Waals surface area contributed by atoms with E-state index in [0.717, 1.165) is 58.5 Å². The number of hydrogen-bond donors (Lipinski definition) is 2. The van der Waals surface area contributed by atoms with Crippen LogP contribution in [-0.2, 0) is 12.8 Å². The van der Waals surface area contributed by atoms with E-state index in [1.165, 1.54) is 23.3 Å². The topological polar surface area (TPSA) is 81.2 Å². The van der Waals surface area contributed by atoms with Crippen LogP contribution in [0.15, 0.2) is 41.0 Å². The maximum absolute atomic E-state index is 13.2. The normalized spacial score (nSPS) is 13.7. The van der Waals surface area contributed by atoms with Gasteiger partial charge in [-0.2, -0.15) is 0 Å². The van der Waals surface area contributed by atoms with Crippen LogP contribution in [0.1, 0.15) is 45.8 Å². The van der Waals surface area contributed by atoms with E-state index in [2.05, 4.69) is 5.32 Å². The lowest BCUT2D eigenvalue weighted by molar-refractivity contribution is 0.103. The Morgan fingerprint density at radius 1 is 1.19 bits per heavy atom. The van der Waals surface area contributed by atoms with Gasteiger partial charge in [0.05, 0.1) is 12.0 Å². The number of rotatable bonds is 3. The maximum atomic E-state index is 13.2. The molecule has 31 heavy (non-hydrogen) atoms. The molecule has 5 rings (SSSR count). The van der Waals surface area contributed by atoms with Crippen LogP contribution in [-0.4, -0.2) is 10.9 Å². The summed E-state index contributed by atoms with van der Waals surface area (Å²) in [6.45, 7) is 1.87. The first-order valence-corrected chi connectivity index (χ1v) is 11.6. The minimum absolute atomic E-state index is 0.258. The van der Waals surface area contributed by atoms with Crippen LogP contribution in [0.4, 0.5) is 11.4 Å². The second-order valence-electron chi connectivity index (χ2n) is 7.84. The molecule has 0 bridgehead atoms. The molecule has 7 heteroatoms. The Labute approximate surface area is 189 Å². The Bertz CT molecular complexity index is 1290. The number of aryl methyl sites for hydroxylation is 1. The molecule has 0 fully saturated rings. The lowest BCUT2D eigenvalue weighted by atomic mass is 9.96. The molecule has 0 aliphatic heterocycles. The number of nitrogen functional groups attached to an aromatic ring is 1. The monoisotopic (exact) mass is 451 g/mol. The number of hydrogen-bond acceptors (Lipinski definition) is 5. The quantitative estimate of drug-likeness (QED) is 0.343. The third-order valence-corrected chi connectivity index (χ3v) is 7.40. The van der Waals surface area contributed by atoms with Gasteiger partial charge in [0.25, 0.3) is 5.91 Å². The summed E-state index contributed by atoms with van der Waals surface area (Å²) in [5, 5.41) is 4.38. The number of nitrogens with two attached hydrogens (primary N) is 1. The van der Waals surface area contributed by atoms with E-state index < -0.39 is 0 Å². The Balaban J connectivity index is 1.66. The number of nitrogens with zero attached hydrogens (tertiary/aromatic N) is 1. The van der Waals surface area contributed by atoms with Gasteiger partial charge in [0.15, 0.2) is 0 Å². The van der Waals surface area contributed by atoms with Crippen LogP contribution < -0.4 is 11.1 Å². The molecule has 1 amide bonds. The van der Waals surface area contributed by atoms with Gasteiger partial charge < -0.3 is 15.5 Å². The zero-order valence-corrected chi connectivity index (χ0v) is 18.7. The Hall–Kier alpha value is -2.83. The SMILES string of the molecule is Cc1c(Cl)cccc1NC(=O)c1sc2nc3c(c(-c4ccco4)c2c1N)CCCCC3. The molecule has 5 nitrogen and oxygen atoms in total. The van der Waals surface area contributed by atoms with E-state index in [0.29, 0.717) is 21.3 Å². The largest absolute Gasteiger partial charge is 0.464 e. The maximum Gasteiger partial charge on any atom is 0.267 e. The highest BCUT2D eigenvalue weighted by molar-refractivity contribution is 7.21. The van der Waals surface area contributed by atoms with Crippen LogP contribution in [0.25, 0.3) is 21.5 Å². The van der Waals surface area contributed by atoms with E-state index in [1.807, 2.05) is 31.2 Å². The molecule has 1 aliphatic carbocycles. The first kappa shape index (κ1) is 20.1. The summed E-state index contributed by atoms with van der Waals surface area (Å²) in [6, 6.07) is 9.27. The van der Waals surface area contributed by atoms with E-state index in [4.69, 9.17) is 26.7 Å². The number of furan rings is 1. The standard InChI is InChI=1S/C24H22ClN3O2S/c1-13-15(25)8-5-10-16(13)27-23(29)22-21(26)20-19(18-11-6-12-30-18)14-7-3-2-4-9-17(14)28-24(20)31-22/h5-6,8,10-12H,2-4,7,9,26H2,1H3,(H,27,29). The highest BCUT2D eigenvalue weighted by Gasteiger charge is 2.26. The minimum Gasteiger partial charge on any atom is -0.464 e. The molecular formula is C24H22ClN3O2S. The van der Waals surface area contributed by atoms with Crippen molar-refractivity contribution in [3.63, 3.8) is 0 Å². The molecule has 0 spiro atoms. The molecule has 1 aromatic carbocycles. The van der Waals surface area contributed by atoms with Crippen molar-refractivity contribution in [3.8, 4) is 11.3 Å². The van der Waals surface area contributed by atoms with Gasteiger partial charge in [-0.15, -0.1) is 11.3 Å². The number of anilines is 2. The summed E-state index contributed by atoms with van der Waals surface area (Å²) in [5.74, 6) is 0.513. The van der Waals surface area contributed by atoms with Crippen molar-refractivity contribution in [1.29, 1.82) is 0 Å². The lowest BCUT2D eigenvalue weighted by Crippen LogP contribution is -2.13. The molecule has 0 saturated heterocycles. The fourth-order valence-electron chi connectivity index (χ4n) is 4.27. The number of thiophene rings is 1. The van der Waals surface area contributed by atoms with E-state index in [-0.39, 0.29) is 5.91 Å². The summed E-state index contributed by atoms with van der Waals surface area (Å²) in [6.07, 6.45) is 6.95. The third-order valence-electron chi connectivity index (χ3n) is 5.89. The van der Waals surface area contributed by atoms with Crippen LogP contribution in [0, 0.1) is 6.92 Å². The average Bonchev–Trinajstić information content (AvgIpc) is 3.32.